The summed E-state index contributed by atoms with van der Waals surface area (Å²) in [6.45, 7) is 4.93. The number of halogens is 2. The van der Waals surface area contributed by atoms with Crippen molar-refractivity contribution < 1.29 is 14.3 Å². The second-order valence-electron chi connectivity index (χ2n) is 5.77. The molecule has 0 spiro atoms. The predicted octanol–water partition coefficient (Wildman–Crippen LogP) is 4.69. The maximum Gasteiger partial charge on any atom is 0.309 e. The van der Waals surface area contributed by atoms with Crippen molar-refractivity contribution in [2.24, 2.45) is 10.4 Å². The fourth-order valence-corrected chi connectivity index (χ4v) is 2.31. The molecule has 0 aliphatic rings. The highest BCUT2D eigenvalue weighted by Crippen LogP contribution is 2.37. The van der Waals surface area contributed by atoms with Gasteiger partial charge in [0, 0.05) is 5.56 Å². The molecule has 1 N–H and O–H groups in total. The first-order valence-corrected chi connectivity index (χ1v) is 7.19. The lowest BCUT2D eigenvalue weighted by atomic mass is 9.79. The van der Waals surface area contributed by atoms with Crippen LogP contribution in [0.1, 0.15) is 39.2 Å². The van der Waals surface area contributed by atoms with Gasteiger partial charge in [0.1, 0.15) is 5.82 Å². The summed E-state index contributed by atoms with van der Waals surface area (Å²) in [5, 5.41) is 11.4. The average Bonchev–Trinajstić information content (AvgIpc) is 2.40. The van der Waals surface area contributed by atoms with Crippen molar-refractivity contribution in [2.45, 2.75) is 39.2 Å². The van der Waals surface area contributed by atoms with E-state index in [4.69, 9.17) is 11.6 Å². The summed E-state index contributed by atoms with van der Waals surface area (Å²) < 4.78 is 14.2. The number of carboxylic acids is 1. The Bertz CT molecular complexity index is 599. The van der Waals surface area contributed by atoms with Gasteiger partial charge in [0.05, 0.1) is 21.1 Å². The smallest absolute Gasteiger partial charge is 0.309 e. The van der Waals surface area contributed by atoms with Gasteiger partial charge in [-0.25, -0.2) is 9.38 Å². The number of hydrogen-bond acceptors (Lipinski definition) is 3. The van der Waals surface area contributed by atoms with E-state index in [-0.39, 0.29) is 10.6 Å². The Morgan fingerprint density at radius 1 is 1.43 bits per heavy atom. The molecule has 6 heteroatoms. The van der Waals surface area contributed by atoms with E-state index >= 15 is 0 Å². The number of aliphatic carboxylic acids is 1. The molecule has 1 aromatic carbocycles. The number of isothiocyanates is 1. The van der Waals surface area contributed by atoms with E-state index in [2.05, 4.69) is 22.4 Å². The minimum atomic E-state index is -0.997. The van der Waals surface area contributed by atoms with Gasteiger partial charge in [-0.3, -0.25) is 4.79 Å². The number of benzene rings is 1. The van der Waals surface area contributed by atoms with E-state index in [0.717, 1.165) is 0 Å². The molecule has 1 aromatic rings. The second-order valence-corrected chi connectivity index (χ2v) is 6.36. The van der Waals surface area contributed by atoms with Gasteiger partial charge in [-0.05, 0) is 51.9 Å². The Morgan fingerprint density at radius 3 is 2.57 bits per heavy atom. The summed E-state index contributed by atoms with van der Waals surface area (Å²) in [4.78, 5) is 15.3. The van der Waals surface area contributed by atoms with Crippen LogP contribution in [0.25, 0.3) is 0 Å². The second kappa shape index (κ2) is 6.65. The Kier molecular flexibility index (Phi) is 5.62. The maximum absolute atomic E-state index is 14.2. The number of nitrogens with zero attached hydrogens (tertiary/aromatic N) is 1. The van der Waals surface area contributed by atoms with Gasteiger partial charge in [-0.1, -0.05) is 23.7 Å². The van der Waals surface area contributed by atoms with Crippen LogP contribution >= 0.6 is 23.8 Å². The Morgan fingerprint density at radius 2 is 2.05 bits per heavy atom. The summed E-state index contributed by atoms with van der Waals surface area (Å²) in [5.41, 5.74) is -1.65. The number of thiocarbonyl (C=S) groups is 1. The Labute approximate surface area is 133 Å². The van der Waals surface area contributed by atoms with E-state index in [9.17, 15) is 14.3 Å². The lowest BCUT2D eigenvalue weighted by molar-refractivity contribution is -0.147. The molecule has 0 saturated carbocycles. The number of rotatable bonds is 6. The first kappa shape index (κ1) is 17.8. The highest BCUT2D eigenvalue weighted by Gasteiger charge is 2.35. The molecule has 0 amide bonds. The van der Waals surface area contributed by atoms with Crippen molar-refractivity contribution in [1.82, 2.24) is 0 Å². The zero-order chi connectivity index (χ0) is 16.3. The molecule has 1 unspecified atom stereocenters. The third kappa shape index (κ3) is 4.10. The minimum absolute atomic E-state index is 0.00390. The van der Waals surface area contributed by atoms with Gasteiger partial charge in [-0.15, -0.1) is 0 Å². The molecular weight excluding hydrogens is 313 g/mol. The van der Waals surface area contributed by atoms with E-state index in [1.807, 2.05) is 0 Å². The molecule has 0 aliphatic carbocycles. The maximum atomic E-state index is 14.2. The third-order valence-corrected chi connectivity index (χ3v) is 4.02. The summed E-state index contributed by atoms with van der Waals surface area (Å²) >= 11 is 10.5. The van der Waals surface area contributed by atoms with Crippen LogP contribution in [0.2, 0.25) is 5.02 Å². The summed E-state index contributed by atoms with van der Waals surface area (Å²) in [7, 11) is 0. The van der Waals surface area contributed by atoms with Crippen LogP contribution in [0.5, 0.6) is 0 Å². The monoisotopic (exact) mass is 329 g/mol. The van der Waals surface area contributed by atoms with Crippen molar-refractivity contribution in [1.29, 1.82) is 0 Å². The van der Waals surface area contributed by atoms with Gasteiger partial charge in [0.15, 0.2) is 0 Å². The zero-order valence-corrected chi connectivity index (χ0v) is 13.7. The molecule has 114 valence electrons. The predicted molar refractivity (Wildman–Crippen MR) is 84.4 cm³/mol. The average molecular weight is 330 g/mol. The molecule has 3 nitrogen and oxygen atoms in total. The van der Waals surface area contributed by atoms with E-state index < -0.39 is 22.7 Å². The number of aliphatic imine (C=N–C) groups is 1. The SMILES string of the molecule is CC(C)(CCC(C)(N=C=S)c1cccc(Cl)c1F)C(=O)O. The lowest BCUT2D eigenvalue weighted by Gasteiger charge is -2.29. The molecule has 0 fully saturated rings. The molecular formula is C15H17ClFNO2S. The molecule has 0 aliphatic heterocycles. The quantitative estimate of drug-likeness (QED) is 0.608. The molecule has 0 bridgehead atoms. The molecule has 0 radical (unpaired) electrons. The van der Waals surface area contributed by atoms with Crippen LogP contribution in [-0.2, 0) is 10.3 Å². The third-order valence-electron chi connectivity index (χ3n) is 3.64. The number of hydrogen-bond donors (Lipinski definition) is 1. The molecule has 0 saturated heterocycles. The first-order valence-electron chi connectivity index (χ1n) is 6.41. The van der Waals surface area contributed by atoms with Gasteiger partial charge in [0.2, 0.25) is 0 Å². The molecule has 1 atom stereocenters. The Balaban J connectivity index is 3.18. The minimum Gasteiger partial charge on any atom is -0.481 e. The fourth-order valence-electron chi connectivity index (χ4n) is 1.93. The van der Waals surface area contributed by atoms with Crippen LogP contribution in [0.4, 0.5) is 4.39 Å². The van der Waals surface area contributed by atoms with Crippen LogP contribution in [-0.4, -0.2) is 16.2 Å². The van der Waals surface area contributed by atoms with Crippen LogP contribution in [0, 0.1) is 11.2 Å². The van der Waals surface area contributed by atoms with Crippen molar-refractivity contribution in [2.75, 3.05) is 0 Å². The van der Waals surface area contributed by atoms with Crippen molar-refractivity contribution >= 4 is 34.9 Å². The zero-order valence-electron chi connectivity index (χ0n) is 12.1. The van der Waals surface area contributed by atoms with Gasteiger partial charge >= 0.3 is 5.97 Å². The van der Waals surface area contributed by atoms with Gasteiger partial charge < -0.3 is 5.11 Å². The first-order chi connectivity index (χ1) is 9.64. The molecule has 1 rings (SSSR count). The van der Waals surface area contributed by atoms with Gasteiger partial charge in [-0.2, -0.15) is 0 Å². The summed E-state index contributed by atoms with van der Waals surface area (Å²) in [6, 6.07) is 4.65. The summed E-state index contributed by atoms with van der Waals surface area (Å²) in [6.07, 6.45) is 0.624. The van der Waals surface area contributed by atoms with Gasteiger partial charge in [0.25, 0.3) is 0 Å². The lowest BCUT2D eigenvalue weighted by Crippen LogP contribution is -2.29. The summed E-state index contributed by atoms with van der Waals surface area (Å²) in [5.74, 6) is -1.48. The largest absolute Gasteiger partial charge is 0.481 e. The van der Waals surface area contributed by atoms with E-state index in [1.165, 1.54) is 6.07 Å². The number of carbonyl (C=O) groups is 1. The normalized spacial score (nSPS) is 14.1. The highest BCUT2D eigenvalue weighted by molar-refractivity contribution is 7.78. The van der Waals surface area contributed by atoms with Crippen LogP contribution < -0.4 is 0 Å². The van der Waals surface area contributed by atoms with Crippen molar-refractivity contribution in [3.63, 3.8) is 0 Å². The van der Waals surface area contributed by atoms with E-state index in [1.54, 1.807) is 32.9 Å². The number of carboxylic acid groups (broad SMARTS) is 1. The van der Waals surface area contributed by atoms with Crippen molar-refractivity contribution in [3.05, 3.63) is 34.6 Å². The molecule has 0 aromatic heterocycles. The van der Waals surface area contributed by atoms with Crippen molar-refractivity contribution in [3.8, 4) is 0 Å². The van der Waals surface area contributed by atoms with Crippen LogP contribution in [0.15, 0.2) is 23.2 Å². The van der Waals surface area contributed by atoms with E-state index in [0.29, 0.717) is 12.8 Å². The Hall–Kier alpha value is -1.29. The fraction of sp³-hybridized carbons (Fsp3) is 0.467. The highest BCUT2D eigenvalue weighted by atomic mass is 35.5. The molecule has 0 heterocycles. The standard InChI is InChI=1S/C15H17ClFNO2S/c1-14(2,13(19)20)7-8-15(3,18-9-21)10-5-4-6-11(16)12(10)17/h4-6H,7-8H2,1-3H3,(H,19,20). The van der Waals surface area contributed by atoms with Crippen LogP contribution in [0.3, 0.4) is 0 Å². The molecule has 21 heavy (non-hydrogen) atoms. The topological polar surface area (TPSA) is 49.7 Å².